The number of hydrogen-bond acceptors (Lipinski definition) is 1. The summed E-state index contributed by atoms with van der Waals surface area (Å²) in [5, 5.41) is -0.0366. The average Bonchev–Trinajstić information content (AvgIpc) is 2.06. The summed E-state index contributed by atoms with van der Waals surface area (Å²) in [5.74, 6) is 0.247. The molecule has 1 aromatic carbocycles. The van der Waals surface area contributed by atoms with E-state index in [9.17, 15) is 13.2 Å². The lowest BCUT2D eigenvalue weighted by atomic mass is 10.1. The van der Waals surface area contributed by atoms with Crippen molar-refractivity contribution < 1.29 is 17.9 Å². The van der Waals surface area contributed by atoms with Crippen molar-refractivity contribution in [2.24, 2.45) is 0 Å². The van der Waals surface area contributed by atoms with Gasteiger partial charge in [0, 0.05) is 0 Å². The third kappa shape index (κ3) is 2.12. The number of benzene rings is 1. The quantitative estimate of drug-likeness (QED) is 0.707. The summed E-state index contributed by atoms with van der Waals surface area (Å²) in [6.45, 7) is 1.36. The second kappa shape index (κ2) is 3.69. The van der Waals surface area contributed by atoms with Crippen molar-refractivity contribution in [1.29, 1.82) is 0 Å². The molecule has 14 heavy (non-hydrogen) atoms. The molecule has 0 aromatic heterocycles. The molecule has 1 aromatic rings. The van der Waals surface area contributed by atoms with Crippen LogP contribution in [-0.4, -0.2) is 7.11 Å². The molecule has 0 unspecified atom stereocenters. The number of halogens is 4. The van der Waals surface area contributed by atoms with E-state index < -0.39 is 11.7 Å². The minimum atomic E-state index is -4.38. The van der Waals surface area contributed by atoms with Crippen molar-refractivity contribution >= 4 is 11.6 Å². The molecule has 0 aliphatic rings. The fourth-order valence-electron chi connectivity index (χ4n) is 1.12. The lowest BCUT2D eigenvalue weighted by Crippen LogP contribution is -2.07. The van der Waals surface area contributed by atoms with Crippen LogP contribution in [0.25, 0.3) is 0 Å². The van der Waals surface area contributed by atoms with E-state index in [2.05, 4.69) is 0 Å². The Morgan fingerprint density at radius 2 is 1.86 bits per heavy atom. The van der Waals surface area contributed by atoms with Gasteiger partial charge in [0.15, 0.2) is 0 Å². The predicted octanol–water partition coefficient (Wildman–Crippen LogP) is 3.68. The van der Waals surface area contributed by atoms with E-state index in [0.717, 1.165) is 6.07 Å². The Morgan fingerprint density at radius 1 is 1.29 bits per heavy atom. The standard InChI is InChI=1S/C9H8ClF3O/c1-5-3-8(14-2)7(10)4-6(5)9(11,12)13/h3-4H,1-2H3. The van der Waals surface area contributed by atoms with E-state index in [1.54, 1.807) is 0 Å². The molecule has 0 atom stereocenters. The first kappa shape index (κ1) is 11.2. The highest BCUT2D eigenvalue weighted by Crippen LogP contribution is 2.37. The highest BCUT2D eigenvalue weighted by atomic mass is 35.5. The van der Waals surface area contributed by atoms with Gasteiger partial charge in [0.05, 0.1) is 17.7 Å². The van der Waals surface area contributed by atoms with E-state index in [0.29, 0.717) is 0 Å². The number of rotatable bonds is 1. The number of aryl methyl sites for hydroxylation is 1. The Balaban J connectivity index is 3.29. The van der Waals surface area contributed by atoms with Gasteiger partial charge in [-0.25, -0.2) is 0 Å². The summed E-state index contributed by atoms with van der Waals surface area (Å²) in [5.41, 5.74) is -0.637. The highest BCUT2D eigenvalue weighted by molar-refractivity contribution is 6.32. The maximum absolute atomic E-state index is 12.4. The van der Waals surface area contributed by atoms with Crippen LogP contribution in [-0.2, 0) is 6.18 Å². The van der Waals surface area contributed by atoms with Crippen LogP contribution in [0.4, 0.5) is 13.2 Å². The largest absolute Gasteiger partial charge is 0.495 e. The first-order valence-corrected chi connectivity index (χ1v) is 4.15. The predicted molar refractivity (Wildman–Crippen MR) is 47.7 cm³/mol. The van der Waals surface area contributed by atoms with Crippen LogP contribution in [0.15, 0.2) is 12.1 Å². The topological polar surface area (TPSA) is 9.23 Å². The molecule has 0 amide bonds. The Labute approximate surface area is 84.4 Å². The third-order valence-electron chi connectivity index (χ3n) is 1.80. The van der Waals surface area contributed by atoms with Gasteiger partial charge in [-0.3, -0.25) is 0 Å². The molecule has 0 spiro atoms. The molecule has 0 bridgehead atoms. The van der Waals surface area contributed by atoms with Crippen molar-refractivity contribution in [3.63, 3.8) is 0 Å². The zero-order valence-electron chi connectivity index (χ0n) is 7.57. The average molecular weight is 225 g/mol. The van der Waals surface area contributed by atoms with Crippen molar-refractivity contribution in [3.8, 4) is 5.75 Å². The van der Waals surface area contributed by atoms with E-state index in [1.165, 1.54) is 20.1 Å². The van der Waals surface area contributed by atoms with Gasteiger partial charge in [-0.05, 0) is 24.6 Å². The Morgan fingerprint density at radius 3 is 2.29 bits per heavy atom. The zero-order chi connectivity index (χ0) is 10.9. The zero-order valence-corrected chi connectivity index (χ0v) is 8.33. The lowest BCUT2D eigenvalue weighted by molar-refractivity contribution is -0.138. The molecule has 0 fully saturated rings. The molecule has 0 saturated carbocycles. The molecule has 1 rings (SSSR count). The first-order valence-electron chi connectivity index (χ1n) is 3.77. The van der Waals surface area contributed by atoms with Crippen LogP contribution in [0.1, 0.15) is 11.1 Å². The van der Waals surface area contributed by atoms with Crippen LogP contribution in [0.5, 0.6) is 5.75 Å². The summed E-state index contributed by atoms with van der Waals surface area (Å²) in [6.07, 6.45) is -4.38. The van der Waals surface area contributed by atoms with Gasteiger partial charge >= 0.3 is 6.18 Å². The Bertz CT molecular complexity index is 347. The summed E-state index contributed by atoms with van der Waals surface area (Å²) in [7, 11) is 1.36. The molecular formula is C9H8ClF3O. The number of hydrogen-bond donors (Lipinski definition) is 0. The number of methoxy groups -OCH3 is 1. The molecular weight excluding hydrogens is 217 g/mol. The maximum atomic E-state index is 12.4. The molecule has 0 aliphatic heterocycles. The van der Waals surface area contributed by atoms with Gasteiger partial charge in [0.1, 0.15) is 5.75 Å². The van der Waals surface area contributed by atoms with Crippen molar-refractivity contribution in [1.82, 2.24) is 0 Å². The van der Waals surface area contributed by atoms with E-state index in [-0.39, 0.29) is 16.3 Å². The molecule has 0 heterocycles. The molecule has 0 radical (unpaired) electrons. The summed E-state index contributed by atoms with van der Waals surface area (Å²) in [6, 6.07) is 2.14. The van der Waals surface area contributed by atoms with Gasteiger partial charge in [0.25, 0.3) is 0 Å². The fourth-order valence-corrected chi connectivity index (χ4v) is 1.36. The maximum Gasteiger partial charge on any atom is 0.416 e. The van der Waals surface area contributed by atoms with Gasteiger partial charge in [-0.15, -0.1) is 0 Å². The van der Waals surface area contributed by atoms with Gasteiger partial charge in [-0.1, -0.05) is 11.6 Å². The lowest BCUT2D eigenvalue weighted by Gasteiger charge is -2.12. The molecule has 1 nitrogen and oxygen atoms in total. The molecule has 78 valence electrons. The van der Waals surface area contributed by atoms with Crippen LogP contribution in [0.2, 0.25) is 5.02 Å². The van der Waals surface area contributed by atoms with Gasteiger partial charge in [0.2, 0.25) is 0 Å². The van der Waals surface area contributed by atoms with Crippen LogP contribution in [0.3, 0.4) is 0 Å². The second-order valence-electron chi connectivity index (χ2n) is 2.80. The minimum absolute atomic E-state index is 0.0366. The second-order valence-corrected chi connectivity index (χ2v) is 3.21. The van der Waals surface area contributed by atoms with Gasteiger partial charge in [-0.2, -0.15) is 13.2 Å². The normalized spacial score (nSPS) is 11.6. The monoisotopic (exact) mass is 224 g/mol. The van der Waals surface area contributed by atoms with E-state index >= 15 is 0 Å². The van der Waals surface area contributed by atoms with Crippen molar-refractivity contribution in [2.75, 3.05) is 7.11 Å². The SMILES string of the molecule is COc1cc(C)c(C(F)(F)F)cc1Cl. The Kier molecular flexibility index (Phi) is 2.95. The molecule has 5 heteroatoms. The fraction of sp³-hybridized carbons (Fsp3) is 0.333. The smallest absolute Gasteiger partial charge is 0.416 e. The van der Waals surface area contributed by atoms with Crippen LogP contribution < -0.4 is 4.74 Å². The van der Waals surface area contributed by atoms with Gasteiger partial charge < -0.3 is 4.74 Å². The molecule has 0 saturated heterocycles. The molecule has 0 N–H and O–H groups in total. The van der Waals surface area contributed by atoms with Crippen molar-refractivity contribution in [2.45, 2.75) is 13.1 Å². The first-order chi connectivity index (χ1) is 6.36. The minimum Gasteiger partial charge on any atom is -0.495 e. The number of alkyl halides is 3. The summed E-state index contributed by atoms with van der Waals surface area (Å²) < 4.78 is 41.9. The van der Waals surface area contributed by atoms with Crippen LogP contribution >= 0.6 is 11.6 Å². The number of ether oxygens (including phenoxy) is 1. The molecule has 0 aliphatic carbocycles. The third-order valence-corrected chi connectivity index (χ3v) is 2.10. The van der Waals surface area contributed by atoms with E-state index in [1.807, 2.05) is 0 Å². The van der Waals surface area contributed by atoms with E-state index in [4.69, 9.17) is 16.3 Å². The van der Waals surface area contributed by atoms with Crippen LogP contribution in [0, 0.1) is 6.92 Å². The summed E-state index contributed by atoms with van der Waals surface area (Å²) >= 11 is 5.58. The van der Waals surface area contributed by atoms with Crippen molar-refractivity contribution in [3.05, 3.63) is 28.3 Å². The summed E-state index contributed by atoms with van der Waals surface area (Å²) in [4.78, 5) is 0. The highest BCUT2D eigenvalue weighted by Gasteiger charge is 2.33. The Hall–Kier alpha value is -0.900.